The Hall–Kier alpha value is -0.910. The molecule has 0 unspecified atom stereocenters. The standard InChI is InChI=1S/C15H22N2O2S/c1-11(2)16-9-14-8-13(16)10-17(14)20(18,19)15-6-4-12(3)5-7-15/h4-7,11,13-14H,8-10H2,1-3H3/t13-,14+/m1/s1. The van der Waals surface area contributed by atoms with Gasteiger partial charge >= 0.3 is 0 Å². The predicted molar refractivity (Wildman–Crippen MR) is 79.1 cm³/mol. The van der Waals surface area contributed by atoms with E-state index < -0.39 is 10.0 Å². The molecule has 2 bridgehead atoms. The maximum Gasteiger partial charge on any atom is 0.243 e. The van der Waals surface area contributed by atoms with Crippen LogP contribution in [0.15, 0.2) is 29.2 Å². The van der Waals surface area contributed by atoms with Crippen molar-refractivity contribution in [2.24, 2.45) is 0 Å². The van der Waals surface area contributed by atoms with E-state index in [1.807, 2.05) is 19.1 Å². The van der Waals surface area contributed by atoms with Gasteiger partial charge in [0.1, 0.15) is 0 Å². The Balaban J connectivity index is 1.83. The highest BCUT2D eigenvalue weighted by Gasteiger charge is 2.48. The van der Waals surface area contributed by atoms with E-state index in [1.165, 1.54) is 0 Å². The van der Waals surface area contributed by atoms with Crippen LogP contribution in [0.25, 0.3) is 0 Å². The van der Waals surface area contributed by atoms with E-state index in [4.69, 9.17) is 0 Å². The molecule has 110 valence electrons. The van der Waals surface area contributed by atoms with Gasteiger partial charge in [-0.3, -0.25) is 4.90 Å². The van der Waals surface area contributed by atoms with Crippen LogP contribution in [0, 0.1) is 6.92 Å². The van der Waals surface area contributed by atoms with Gasteiger partial charge in [-0.25, -0.2) is 8.42 Å². The smallest absolute Gasteiger partial charge is 0.243 e. The molecule has 0 radical (unpaired) electrons. The molecular formula is C15H22N2O2S. The first kappa shape index (κ1) is 14.0. The predicted octanol–water partition coefficient (Wildman–Crippen LogP) is 1.85. The summed E-state index contributed by atoms with van der Waals surface area (Å²) >= 11 is 0. The summed E-state index contributed by atoms with van der Waals surface area (Å²) in [5.41, 5.74) is 1.08. The first-order valence-corrected chi connectivity index (χ1v) is 8.68. The lowest BCUT2D eigenvalue weighted by atomic mass is 10.2. The molecule has 0 spiro atoms. The van der Waals surface area contributed by atoms with Crippen molar-refractivity contribution < 1.29 is 8.42 Å². The van der Waals surface area contributed by atoms with E-state index in [1.54, 1.807) is 16.4 Å². The number of rotatable bonds is 3. The summed E-state index contributed by atoms with van der Waals surface area (Å²) in [6.07, 6.45) is 0.975. The first-order chi connectivity index (χ1) is 9.39. The summed E-state index contributed by atoms with van der Waals surface area (Å²) in [5.74, 6) is 0. The van der Waals surface area contributed by atoms with Gasteiger partial charge in [-0.15, -0.1) is 0 Å². The van der Waals surface area contributed by atoms with Gasteiger partial charge in [0.2, 0.25) is 10.0 Å². The number of likely N-dealkylation sites (tertiary alicyclic amines) is 1. The molecule has 20 heavy (non-hydrogen) atoms. The molecule has 0 amide bonds. The third-order valence-electron chi connectivity index (χ3n) is 4.52. The lowest BCUT2D eigenvalue weighted by Crippen LogP contribution is -2.50. The van der Waals surface area contributed by atoms with Crippen molar-refractivity contribution in [3.63, 3.8) is 0 Å². The van der Waals surface area contributed by atoms with Crippen LogP contribution in [0.3, 0.4) is 0 Å². The Kier molecular flexibility index (Phi) is 3.39. The minimum Gasteiger partial charge on any atom is -0.295 e. The second kappa shape index (κ2) is 4.83. The van der Waals surface area contributed by atoms with Crippen molar-refractivity contribution >= 4 is 10.0 Å². The molecule has 2 saturated heterocycles. The fraction of sp³-hybridized carbons (Fsp3) is 0.600. The number of aryl methyl sites for hydroxylation is 1. The van der Waals surface area contributed by atoms with E-state index >= 15 is 0 Å². The summed E-state index contributed by atoms with van der Waals surface area (Å²) in [7, 11) is -3.33. The van der Waals surface area contributed by atoms with Crippen LogP contribution in [0.2, 0.25) is 0 Å². The van der Waals surface area contributed by atoms with Gasteiger partial charge in [-0.2, -0.15) is 4.31 Å². The number of nitrogens with zero attached hydrogens (tertiary/aromatic N) is 2. The Bertz CT molecular complexity index is 595. The van der Waals surface area contributed by atoms with Crippen molar-refractivity contribution in [2.45, 2.75) is 50.2 Å². The molecule has 0 saturated carbocycles. The molecule has 2 fully saturated rings. The fourth-order valence-electron chi connectivity index (χ4n) is 3.43. The van der Waals surface area contributed by atoms with E-state index in [-0.39, 0.29) is 6.04 Å². The van der Waals surface area contributed by atoms with Crippen LogP contribution in [0.1, 0.15) is 25.8 Å². The summed E-state index contributed by atoms with van der Waals surface area (Å²) in [6, 6.07) is 8.19. The Morgan fingerprint density at radius 2 is 1.75 bits per heavy atom. The van der Waals surface area contributed by atoms with Gasteiger partial charge in [0.15, 0.2) is 0 Å². The Morgan fingerprint density at radius 3 is 2.25 bits per heavy atom. The normalized spacial score (nSPS) is 27.6. The highest BCUT2D eigenvalue weighted by atomic mass is 32.2. The number of sulfonamides is 1. The van der Waals surface area contributed by atoms with Crippen molar-refractivity contribution in [1.29, 1.82) is 0 Å². The molecule has 4 nitrogen and oxygen atoms in total. The molecule has 2 aliphatic rings. The van der Waals surface area contributed by atoms with Gasteiger partial charge in [0.25, 0.3) is 0 Å². The third kappa shape index (κ3) is 2.18. The topological polar surface area (TPSA) is 40.6 Å². The van der Waals surface area contributed by atoms with E-state index in [0.717, 1.165) is 18.5 Å². The monoisotopic (exact) mass is 294 g/mol. The molecule has 1 aromatic rings. The summed E-state index contributed by atoms with van der Waals surface area (Å²) in [4.78, 5) is 2.85. The SMILES string of the molecule is Cc1ccc(S(=O)(=O)N2C[C@H]3C[C@H]2CN3C(C)C)cc1. The lowest BCUT2D eigenvalue weighted by Gasteiger charge is -2.35. The van der Waals surface area contributed by atoms with Gasteiger partial charge in [0.05, 0.1) is 4.90 Å². The number of piperazine rings is 1. The summed E-state index contributed by atoms with van der Waals surface area (Å²) in [5, 5.41) is 0. The summed E-state index contributed by atoms with van der Waals surface area (Å²) in [6.45, 7) is 7.83. The van der Waals surface area contributed by atoms with E-state index in [2.05, 4.69) is 18.7 Å². The minimum absolute atomic E-state index is 0.147. The second-order valence-corrected chi connectivity index (χ2v) is 8.11. The van der Waals surface area contributed by atoms with Gasteiger partial charge in [0, 0.05) is 31.2 Å². The zero-order valence-corrected chi connectivity index (χ0v) is 13.1. The Morgan fingerprint density at radius 1 is 1.10 bits per heavy atom. The zero-order chi connectivity index (χ0) is 14.5. The van der Waals surface area contributed by atoms with Gasteiger partial charge < -0.3 is 0 Å². The average Bonchev–Trinajstić information content (AvgIpc) is 2.99. The highest BCUT2D eigenvalue weighted by Crippen LogP contribution is 2.35. The number of benzene rings is 1. The van der Waals surface area contributed by atoms with Crippen molar-refractivity contribution in [3.8, 4) is 0 Å². The lowest BCUT2D eigenvalue weighted by molar-refractivity contribution is 0.146. The molecule has 2 aliphatic heterocycles. The summed E-state index contributed by atoms with van der Waals surface area (Å²) < 4.78 is 27.1. The fourth-order valence-corrected chi connectivity index (χ4v) is 5.10. The van der Waals surface area contributed by atoms with Crippen LogP contribution < -0.4 is 0 Å². The zero-order valence-electron chi connectivity index (χ0n) is 12.3. The average molecular weight is 294 g/mol. The maximum atomic E-state index is 12.7. The molecule has 1 aromatic carbocycles. The third-order valence-corrected chi connectivity index (χ3v) is 6.46. The molecule has 2 atom stereocenters. The largest absolute Gasteiger partial charge is 0.295 e. The molecule has 0 N–H and O–H groups in total. The van der Waals surface area contributed by atoms with Crippen molar-refractivity contribution in [2.75, 3.05) is 13.1 Å². The van der Waals surface area contributed by atoms with Crippen LogP contribution in [-0.2, 0) is 10.0 Å². The minimum atomic E-state index is -3.33. The highest BCUT2D eigenvalue weighted by molar-refractivity contribution is 7.89. The number of hydrogen-bond acceptors (Lipinski definition) is 3. The molecule has 5 heteroatoms. The van der Waals surface area contributed by atoms with E-state index in [9.17, 15) is 8.42 Å². The van der Waals surface area contributed by atoms with E-state index in [0.29, 0.717) is 23.5 Å². The molecular weight excluding hydrogens is 272 g/mol. The van der Waals surface area contributed by atoms with Crippen LogP contribution in [0.4, 0.5) is 0 Å². The van der Waals surface area contributed by atoms with Crippen LogP contribution in [0.5, 0.6) is 0 Å². The number of fused-ring (bicyclic) bond motifs is 2. The Labute approximate surface area is 121 Å². The quantitative estimate of drug-likeness (QED) is 0.854. The maximum absolute atomic E-state index is 12.7. The van der Waals surface area contributed by atoms with Crippen molar-refractivity contribution in [1.82, 2.24) is 9.21 Å². The van der Waals surface area contributed by atoms with Crippen LogP contribution in [-0.4, -0.2) is 48.8 Å². The molecule has 0 aliphatic carbocycles. The van der Waals surface area contributed by atoms with Gasteiger partial charge in [-0.1, -0.05) is 17.7 Å². The van der Waals surface area contributed by atoms with Gasteiger partial charge in [-0.05, 0) is 39.3 Å². The second-order valence-electron chi connectivity index (χ2n) is 6.22. The van der Waals surface area contributed by atoms with Crippen molar-refractivity contribution in [3.05, 3.63) is 29.8 Å². The molecule has 2 heterocycles. The number of hydrogen-bond donors (Lipinski definition) is 0. The molecule has 3 rings (SSSR count). The first-order valence-electron chi connectivity index (χ1n) is 7.24. The molecule has 0 aromatic heterocycles. The van der Waals surface area contributed by atoms with Crippen LogP contribution >= 0.6 is 0 Å².